The van der Waals surface area contributed by atoms with E-state index < -0.39 is 5.41 Å². The van der Waals surface area contributed by atoms with Crippen molar-refractivity contribution in [1.29, 1.82) is 0 Å². The Morgan fingerprint density at radius 2 is 2.00 bits per heavy atom. The number of nitrogens with two attached hydrogens (primary N) is 2. The second kappa shape index (κ2) is 5.61. The molecule has 1 fully saturated rings. The van der Waals surface area contributed by atoms with E-state index in [1.54, 1.807) is 0 Å². The fourth-order valence-electron chi connectivity index (χ4n) is 2.58. The zero-order valence-corrected chi connectivity index (χ0v) is 11.4. The minimum atomic E-state index is -0.591. The van der Waals surface area contributed by atoms with Crippen LogP contribution in [0.4, 0.5) is 5.69 Å². The van der Waals surface area contributed by atoms with Crippen molar-refractivity contribution in [3.05, 3.63) is 29.8 Å². The van der Waals surface area contributed by atoms with Gasteiger partial charge in [0.15, 0.2) is 0 Å². The summed E-state index contributed by atoms with van der Waals surface area (Å²) in [5.41, 5.74) is 12.8. The number of hydrogen-bond acceptors (Lipinski definition) is 4. The Bertz CT molecular complexity index is 440. The zero-order chi connectivity index (χ0) is 13.9. The van der Waals surface area contributed by atoms with Crippen molar-refractivity contribution >= 4 is 11.7 Å². The summed E-state index contributed by atoms with van der Waals surface area (Å²) < 4.78 is 4.99. The fourth-order valence-corrected chi connectivity index (χ4v) is 2.58. The van der Waals surface area contributed by atoms with E-state index in [1.165, 1.54) is 20.0 Å². The monoisotopic (exact) mass is 262 g/mol. The summed E-state index contributed by atoms with van der Waals surface area (Å²) >= 11 is 0. The first-order chi connectivity index (χ1) is 9.09. The number of anilines is 1. The first-order valence-corrected chi connectivity index (χ1v) is 6.72. The van der Waals surface area contributed by atoms with E-state index in [0.717, 1.165) is 17.7 Å². The van der Waals surface area contributed by atoms with Gasteiger partial charge in [-0.15, -0.1) is 0 Å². The van der Waals surface area contributed by atoms with Crippen LogP contribution in [0.2, 0.25) is 0 Å². The van der Waals surface area contributed by atoms with Gasteiger partial charge in [-0.1, -0.05) is 25.0 Å². The van der Waals surface area contributed by atoms with Gasteiger partial charge in [0.05, 0.1) is 12.5 Å². The molecule has 0 spiro atoms. The minimum Gasteiger partial charge on any atom is -0.469 e. The quantitative estimate of drug-likeness (QED) is 0.604. The third-order valence-electron chi connectivity index (χ3n) is 3.91. The number of nitrogen functional groups attached to an aromatic ring is 1. The zero-order valence-electron chi connectivity index (χ0n) is 11.4. The van der Waals surface area contributed by atoms with Crippen LogP contribution in [-0.2, 0) is 16.0 Å². The fraction of sp³-hybridized carbons (Fsp3) is 0.533. The molecular weight excluding hydrogens is 240 g/mol. The van der Waals surface area contributed by atoms with Gasteiger partial charge in [0.1, 0.15) is 0 Å². The van der Waals surface area contributed by atoms with Gasteiger partial charge in [0.25, 0.3) is 0 Å². The van der Waals surface area contributed by atoms with E-state index >= 15 is 0 Å². The molecule has 4 nitrogen and oxygen atoms in total. The van der Waals surface area contributed by atoms with Crippen molar-refractivity contribution in [2.45, 2.75) is 25.7 Å². The van der Waals surface area contributed by atoms with Crippen molar-refractivity contribution in [1.82, 2.24) is 0 Å². The summed E-state index contributed by atoms with van der Waals surface area (Å²) in [6, 6.07) is 7.61. The molecule has 1 saturated carbocycles. The lowest BCUT2D eigenvalue weighted by Crippen LogP contribution is -2.42. The number of hydrogen-bond donors (Lipinski definition) is 2. The lowest BCUT2D eigenvalue weighted by Gasteiger charge is -2.30. The molecule has 1 atom stereocenters. The second-order valence-corrected chi connectivity index (χ2v) is 5.54. The van der Waals surface area contributed by atoms with Gasteiger partial charge in [-0.25, -0.2) is 0 Å². The Hall–Kier alpha value is -1.55. The van der Waals surface area contributed by atoms with Gasteiger partial charge in [-0.05, 0) is 36.5 Å². The lowest BCUT2D eigenvalue weighted by molar-refractivity contribution is -0.153. The van der Waals surface area contributed by atoms with E-state index in [-0.39, 0.29) is 5.97 Å². The predicted molar refractivity (Wildman–Crippen MR) is 75.4 cm³/mol. The van der Waals surface area contributed by atoms with Crippen LogP contribution in [0.1, 0.15) is 24.8 Å². The van der Waals surface area contributed by atoms with E-state index in [1.807, 2.05) is 24.3 Å². The molecule has 0 radical (unpaired) electrons. The molecule has 0 amide bonds. The van der Waals surface area contributed by atoms with Crippen LogP contribution in [0.15, 0.2) is 24.3 Å². The molecule has 104 valence electrons. The third-order valence-corrected chi connectivity index (χ3v) is 3.91. The number of rotatable bonds is 6. The number of methoxy groups -OCH3 is 1. The van der Waals surface area contributed by atoms with Crippen LogP contribution >= 0.6 is 0 Å². The Balaban J connectivity index is 2.20. The summed E-state index contributed by atoms with van der Waals surface area (Å²) in [4.78, 5) is 12.2. The van der Waals surface area contributed by atoms with E-state index in [0.29, 0.717) is 18.9 Å². The van der Waals surface area contributed by atoms with Crippen molar-refractivity contribution < 1.29 is 9.53 Å². The largest absolute Gasteiger partial charge is 0.469 e. The van der Waals surface area contributed by atoms with Gasteiger partial charge < -0.3 is 16.2 Å². The molecule has 0 bridgehead atoms. The molecule has 1 aromatic carbocycles. The van der Waals surface area contributed by atoms with Gasteiger partial charge in [0, 0.05) is 12.2 Å². The summed E-state index contributed by atoms with van der Waals surface area (Å²) in [5.74, 6) is 0.426. The van der Waals surface area contributed by atoms with Crippen LogP contribution in [0, 0.1) is 11.3 Å². The van der Waals surface area contributed by atoms with Crippen molar-refractivity contribution in [3.63, 3.8) is 0 Å². The van der Waals surface area contributed by atoms with Crippen LogP contribution < -0.4 is 11.5 Å². The standard InChI is InChI=1S/C15H22N2O2/c1-19-14(18)15(10-16,8-11-2-3-11)9-12-4-6-13(17)7-5-12/h4-7,11H,2-3,8-10,16-17H2,1H3. The van der Waals surface area contributed by atoms with Gasteiger partial charge in [-0.3, -0.25) is 4.79 Å². The van der Waals surface area contributed by atoms with Gasteiger partial charge in [-0.2, -0.15) is 0 Å². The van der Waals surface area contributed by atoms with Crippen LogP contribution in [-0.4, -0.2) is 19.6 Å². The highest BCUT2D eigenvalue weighted by Gasteiger charge is 2.43. The summed E-state index contributed by atoms with van der Waals surface area (Å²) in [6.07, 6.45) is 3.83. The summed E-state index contributed by atoms with van der Waals surface area (Å²) in [5, 5.41) is 0. The number of ether oxygens (including phenoxy) is 1. The highest BCUT2D eigenvalue weighted by Crippen LogP contribution is 2.42. The molecule has 4 N–H and O–H groups in total. The molecule has 2 rings (SSSR count). The Kier molecular flexibility index (Phi) is 4.10. The molecule has 0 saturated heterocycles. The number of benzene rings is 1. The Morgan fingerprint density at radius 1 is 1.37 bits per heavy atom. The van der Waals surface area contributed by atoms with Gasteiger partial charge >= 0.3 is 5.97 Å². The molecule has 1 aliphatic rings. The van der Waals surface area contributed by atoms with Crippen LogP contribution in [0.5, 0.6) is 0 Å². The normalized spacial score (nSPS) is 17.8. The van der Waals surface area contributed by atoms with Crippen molar-refractivity contribution in [3.8, 4) is 0 Å². The predicted octanol–water partition coefficient (Wildman–Crippen LogP) is 1.73. The maximum atomic E-state index is 12.2. The van der Waals surface area contributed by atoms with Crippen molar-refractivity contribution in [2.24, 2.45) is 17.1 Å². The van der Waals surface area contributed by atoms with Crippen LogP contribution in [0.25, 0.3) is 0 Å². The first kappa shape index (κ1) is 13.9. The molecule has 1 unspecified atom stereocenters. The molecule has 0 aromatic heterocycles. The average Bonchev–Trinajstić information content (AvgIpc) is 3.23. The molecule has 1 aliphatic carbocycles. The lowest BCUT2D eigenvalue weighted by atomic mass is 9.77. The van der Waals surface area contributed by atoms with E-state index in [2.05, 4.69) is 0 Å². The Morgan fingerprint density at radius 3 is 2.47 bits per heavy atom. The first-order valence-electron chi connectivity index (χ1n) is 6.72. The number of carbonyl (C=O) groups excluding carboxylic acids is 1. The third kappa shape index (κ3) is 3.26. The maximum absolute atomic E-state index is 12.2. The molecule has 0 heterocycles. The van der Waals surface area contributed by atoms with E-state index in [4.69, 9.17) is 16.2 Å². The SMILES string of the molecule is COC(=O)C(CN)(Cc1ccc(N)cc1)CC1CC1. The smallest absolute Gasteiger partial charge is 0.313 e. The van der Waals surface area contributed by atoms with Crippen molar-refractivity contribution in [2.75, 3.05) is 19.4 Å². The summed E-state index contributed by atoms with van der Waals surface area (Å²) in [6.45, 7) is 0.320. The Labute approximate surface area is 114 Å². The molecule has 19 heavy (non-hydrogen) atoms. The van der Waals surface area contributed by atoms with Crippen LogP contribution in [0.3, 0.4) is 0 Å². The second-order valence-electron chi connectivity index (χ2n) is 5.54. The molecule has 4 heteroatoms. The number of carbonyl (C=O) groups is 1. The topological polar surface area (TPSA) is 78.3 Å². The summed E-state index contributed by atoms with van der Waals surface area (Å²) in [7, 11) is 1.43. The van der Waals surface area contributed by atoms with Gasteiger partial charge in [0.2, 0.25) is 0 Å². The highest BCUT2D eigenvalue weighted by molar-refractivity contribution is 5.77. The molecule has 0 aliphatic heterocycles. The maximum Gasteiger partial charge on any atom is 0.313 e. The number of esters is 1. The molecular formula is C15H22N2O2. The average molecular weight is 262 g/mol. The molecule has 1 aromatic rings. The van der Waals surface area contributed by atoms with E-state index in [9.17, 15) is 4.79 Å². The highest BCUT2D eigenvalue weighted by atomic mass is 16.5. The minimum absolute atomic E-state index is 0.196.